The first kappa shape index (κ1) is 11.9. The van der Waals surface area contributed by atoms with Gasteiger partial charge in [0.15, 0.2) is 0 Å². The zero-order valence-corrected chi connectivity index (χ0v) is 8.67. The van der Waals surface area contributed by atoms with Crippen LogP contribution in [0.5, 0.6) is 0 Å². The Morgan fingerprint density at radius 3 is 2.80 bits per heavy atom. The van der Waals surface area contributed by atoms with Crippen molar-refractivity contribution in [2.45, 2.75) is 12.3 Å². The van der Waals surface area contributed by atoms with E-state index in [0.29, 0.717) is 5.02 Å². The first-order valence-corrected chi connectivity index (χ1v) is 4.82. The molecule has 0 radical (unpaired) electrons. The Hall–Kier alpha value is -1.13. The highest BCUT2D eigenvalue weighted by atomic mass is 35.5. The van der Waals surface area contributed by atoms with Crippen molar-refractivity contribution in [1.82, 2.24) is 0 Å². The molecule has 15 heavy (non-hydrogen) atoms. The smallest absolute Gasteiger partial charge is 0.311 e. The number of carbonyl (C=O) groups is 1. The van der Waals surface area contributed by atoms with E-state index < -0.39 is 17.7 Å². The molecule has 0 aliphatic carbocycles. The molecule has 1 aromatic rings. The normalized spacial score (nSPS) is 12.5. The quantitative estimate of drug-likeness (QED) is 0.833. The Balaban J connectivity index is 3.09. The van der Waals surface area contributed by atoms with Crippen molar-refractivity contribution in [2.24, 2.45) is 5.73 Å². The van der Waals surface area contributed by atoms with E-state index in [1.165, 1.54) is 12.1 Å². The summed E-state index contributed by atoms with van der Waals surface area (Å²) in [5.74, 6) is -2.60. The molecule has 0 aliphatic rings. The third kappa shape index (κ3) is 2.91. The van der Waals surface area contributed by atoms with Crippen LogP contribution in [0.3, 0.4) is 0 Å². The maximum Gasteiger partial charge on any atom is 0.311 e. The molecule has 5 heteroatoms. The van der Waals surface area contributed by atoms with Gasteiger partial charge in [-0.15, -0.1) is 0 Å². The molecule has 3 N–H and O–H groups in total. The second-order valence-electron chi connectivity index (χ2n) is 3.13. The van der Waals surface area contributed by atoms with Crippen LogP contribution in [-0.2, 0) is 4.79 Å². The summed E-state index contributed by atoms with van der Waals surface area (Å²) in [6, 6.07) is 3.86. The monoisotopic (exact) mass is 231 g/mol. The summed E-state index contributed by atoms with van der Waals surface area (Å²) in [6.45, 7) is 0.183. The van der Waals surface area contributed by atoms with Gasteiger partial charge in [-0.3, -0.25) is 4.79 Å². The largest absolute Gasteiger partial charge is 0.481 e. The van der Waals surface area contributed by atoms with Crippen molar-refractivity contribution in [1.29, 1.82) is 0 Å². The number of hydrogen-bond acceptors (Lipinski definition) is 2. The number of aliphatic carboxylic acids is 1. The van der Waals surface area contributed by atoms with Crippen LogP contribution in [0, 0.1) is 5.82 Å². The van der Waals surface area contributed by atoms with Crippen molar-refractivity contribution in [2.75, 3.05) is 6.54 Å². The van der Waals surface area contributed by atoms with Crippen molar-refractivity contribution >= 4 is 17.6 Å². The minimum Gasteiger partial charge on any atom is -0.481 e. The van der Waals surface area contributed by atoms with Crippen LogP contribution in [0.1, 0.15) is 17.9 Å². The van der Waals surface area contributed by atoms with E-state index in [1.54, 1.807) is 0 Å². The summed E-state index contributed by atoms with van der Waals surface area (Å²) in [7, 11) is 0. The molecule has 1 aromatic carbocycles. The number of halogens is 2. The van der Waals surface area contributed by atoms with Gasteiger partial charge < -0.3 is 10.8 Å². The lowest BCUT2D eigenvalue weighted by Crippen LogP contribution is -2.17. The highest BCUT2D eigenvalue weighted by Crippen LogP contribution is 2.25. The highest BCUT2D eigenvalue weighted by Gasteiger charge is 2.22. The number of nitrogens with two attached hydrogens (primary N) is 1. The van der Waals surface area contributed by atoms with Crippen LogP contribution in [-0.4, -0.2) is 17.6 Å². The summed E-state index contributed by atoms with van der Waals surface area (Å²) in [5.41, 5.74) is 5.36. The maximum absolute atomic E-state index is 13.3. The molecule has 0 saturated heterocycles. The Morgan fingerprint density at radius 2 is 2.27 bits per heavy atom. The van der Waals surface area contributed by atoms with Crippen LogP contribution >= 0.6 is 11.6 Å². The molecule has 0 heterocycles. The van der Waals surface area contributed by atoms with Gasteiger partial charge in [0.05, 0.1) is 5.92 Å². The maximum atomic E-state index is 13.3. The first-order chi connectivity index (χ1) is 7.06. The number of carboxylic acid groups (broad SMARTS) is 1. The lowest BCUT2D eigenvalue weighted by atomic mass is 9.95. The molecule has 3 nitrogen and oxygen atoms in total. The lowest BCUT2D eigenvalue weighted by molar-refractivity contribution is -0.139. The minimum absolute atomic E-state index is 0.0838. The predicted molar refractivity (Wildman–Crippen MR) is 55.5 cm³/mol. The van der Waals surface area contributed by atoms with Gasteiger partial charge in [-0.2, -0.15) is 0 Å². The Bertz CT molecular complexity index is 370. The summed E-state index contributed by atoms with van der Waals surface area (Å²) in [6.07, 6.45) is 0.187. The molecule has 0 bridgehead atoms. The van der Waals surface area contributed by atoms with Crippen LogP contribution in [0.25, 0.3) is 0 Å². The third-order valence-electron chi connectivity index (χ3n) is 2.09. The van der Waals surface area contributed by atoms with Crippen molar-refractivity contribution < 1.29 is 14.3 Å². The van der Waals surface area contributed by atoms with Crippen molar-refractivity contribution in [3.8, 4) is 0 Å². The lowest BCUT2D eigenvalue weighted by Gasteiger charge is -2.12. The Labute approximate surface area is 91.7 Å². The zero-order valence-electron chi connectivity index (χ0n) is 7.91. The van der Waals surface area contributed by atoms with E-state index in [0.717, 1.165) is 6.07 Å². The molecule has 0 aromatic heterocycles. The van der Waals surface area contributed by atoms with Crippen LogP contribution in [0.15, 0.2) is 18.2 Å². The molecule has 82 valence electrons. The summed E-state index contributed by atoms with van der Waals surface area (Å²) in [5, 5.41) is 9.22. The van der Waals surface area contributed by atoms with E-state index in [2.05, 4.69) is 0 Å². The van der Waals surface area contributed by atoms with E-state index >= 15 is 0 Å². The topological polar surface area (TPSA) is 63.3 Å². The average molecular weight is 232 g/mol. The third-order valence-corrected chi connectivity index (χ3v) is 2.32. The Kier molecular flexibility index (Phi) is 4.05. The number of carboxylic acids is 1. The molecule has 0 aliphatic heterocycles. The summed E-state index contributed by atoms with van der Waals surface area (Å²) < 4.78 is 13.3. The molecule has 0 saturated carbocycles. The second-order valence-corrected chi connectivity index (χ2v) is 3.57. The highest BCUT2D eigenvalue weighted by molar-refractivity contribution is 6.30. The molecular formula is C10H11ClFNO2. The standard InChI is InChI=1S/C10H11ClFNO2/c11-6-1-2-9(12)8(5-6)7(3-4-13)10(14)15/h1-2,5,7H,3-4,13H2,(H,14,15). The first-order valence-electron chi connectivity index (χ1n) is 4.44. The number of rotatable bonds is 4. The van der Waals surface area contributed by atoms with Gasteiger partial charge in [-0.25, -0.2) is 4.39 Å². The van der Waals surface area contributed by atoms with E-state index in [4.69, 9.17) is 22.4 Å². The van der Waals surface area contributed by atoms with E-state index in [1.807, 2.05) is 0 Å². The van der Waals surface area contributed by atoms with Crippen LogP contribution < -0.4 is 5.73 Å². The second kappa shape index (κ2) is 5.09. The van der Waals surface area contributed by atoms with Gasteiger partial charge in [-0.1, -0.05) is 11.6 Å². The van der Waals surface area contributed by atoms with Crippen molar-refractivity contribution in [3.63, 3.8) is 0 Å². The molecule has 1 unspecified atom stereocenters. The van der Waals surface area contributed by atoms with E-state index in [9.17, 15) is 9.18 Å². The van der Waals surface area contributed by atoms with Crippen molar-refractivity contribution in [3.05, 3.63) is 34.6 Å². The zero-order chi connectivity index (χ0) is 11.4. The summed E-state index contributed by atoms with van der Waals surface area (Å²) in [4.78, 5) is 10.9. The molecule has 0 amide bonds. The minimum atomic E-state index is -1.10. The SMILES string of the molecule is NCCC(C(=O)O)c1cc(Cl)ccc1F. The fourth-order valence-electron chi connectivity index (χ4n) is 1.36. The van der Waals surface area contributed by atoms with Gasteiger partial charge >= 0.3 is 5.97 Å². The van der Waals surface area contributed by atoms with Gasteiger partial charge in [0.1, 0.15) is 5.82 Å². The summed E-state index contributed by atoms with van der Waals surface area (Å²) >= 11 is 5.67. The predicted octanol–water partition coefficient (Wildman–Crippen LogP) is 2.00. The van der Waals surface area contributed by atoms with Gasteiger partial charge in [0.25, 0.3) is 0 Å². The number of hydrogen-bond donors (Lipinski definition) is 2. The van der Waals surface area contributed by atoms with Gasteiger partial charge in [-0.05, 0) is 31.2 Å². The molecule has 1 rings (SSSR count). The van der Waals surface area contributed by atoms with Crippen LogP contribution in [0.2, 0.25) is 5.02 Å². The average Bonchev–Trinajstić information content (AvgIpc) is 2.18. The molecular weight excluding hydrogens is 221 g/mol. The fraction of sp³-hybridized carbons (Fsp3) is 0.300. The molecule has 1 atom stereocenters. The molecule has 0 fully saturated rings. The van der Waals surface area contributed by atoms with Gasteiger partial charge in [0.2, 0.25) is 0 Å². The van der Waals surface area contributed by atoms with Gasteiger partial charge in [0, 0.05) is 10.6 Å². The Morgan fingerprint density at radius 1 is 1.60 bits per heavy atom. The fourth-order valence-corrected chi connectivity index (χ4v) is 1.54. The molecule has 0 spiro atoms. The van der Waals surface area contributed by atoms with Crippen LogP contribution in [0.4, 0.5) is 4.39 Å². The van der Waals surface area contributed by atoms with E-state index in [-0.39, 0.29) is 18.5 Å². The number of benzene rings is 1.